The fourth-order valence-electron chi connectivity index (χ4n) is 2.15. The number of aromatic nitrogens is 3. The third-order valence-corrected chi connectivity index (χ3v) is 3.54. The number of ether oxygens (including phenoxy) is 2. The maximum absolute atomic E-state index is 12.8. The molecule has 3 rings (SSSR count). The first-order chi connectivity index (χ1) is 12.7. The number of carboxylic acids is 1. The second-order valence-electron chi connectivity index (χ2n) is 5.12. The van der Waals surface area contributed by atoms with E-state index in [4.69, 9.17) is 21.4 Å². The van der Waals surface area contributed by atoms with Gasteiger partial charge in [-0.2, -0.15) is 0 Å². The minimum Gasteiger partial charge on any atom is -0.476 e. The fraction of sp³-hybridized carbons (Fsp3) is 0.0625. The first kappa shape index (κ1) is 18.5. The normalized spacial score (nSPS) is 11.3. The van der Waals surface area contributed by atoms with Crippen molar-refractivity contribution < 1.29 is 32.5 Å². The van der Waals surface area contributed by atoms with E-state index in [0.29, 0.717) is 16.1 Å². The van der Waals surface area contributed by atoms with Crippen molar-refractivity contribution in [2.45, 2.75) is 6.36 Å². The van der Waals surface area contributed by atoms with Crippen molar-refractivity contribution in [2.75, 3.05) is 0 Å². The number of aromatic carboxylic acids is 1. The molecule has 0 amide bonds. The van der Waals surface area contributed by atoms with Crippen molar-refractivity contribution in [2.24, 2.45) is 0 Å². The summed E-state index contributed by atoms with van der Waals surface area (Å²) in [5, 5.41) is 18.2. The number of hydrogen-bond acceptors (Lipinski definition) is 5. The van der Waals surface area contributed by atoms with Crippen molar-refractivity contribution >= 4 is 17.6 Å². The minimum absolute atomic E-state index is 0.388. The van der Waals surface area contributed by atoms with Gasteiger partial charge in [0.05, 0.1) is 0 Å². The summed E-state index contributed by atoms with van der Waals surface area (Å²) in [5.41, 5.74) is 0.470. The van der Waals surface area contributed by atoms with Gasteiger partial charge in [-0.3, -0.25) is 0 Å². The number of alkyl halides is 3. The molecule has 1 aromatic heterocycles. The van der Waals surface area contributed by atoms with Gasteiger partial charge in [-0.25, -0.2) is 9.89 Å². The van der Waals surface area contributed by atoms with E-state index in [1.54, 1.807) is 24.3 Å². The number of aromatic amines is 1. The van der Waals surface area contributed by atoms with Gasteiger partial charge in [0.2, 0.25) is 5.69 Å². The lowest BCUT2D eigenvalue weighted by Gasteiger charge is -2.14. The molecule has 2 aromatic carbocycles. The van der Waals surface area contributed by atoms with E-state index in [1.165, 1.54) is 12.1 Å². The number of halogens is 4. The minimum atomic E-state index is -4.99. The van der Waals surface area contributed by atoms with E-state index in [0.717, 1.165) is 6.07 Å². The molecule has 2 N–H and O–H groups in total. The van der Waals surface area contributed by atoms with Crippen LogP contribution < -0.4 is 9.47 Å². The van der Waals surface area contributed by atoms with E-state index >= 15 is 0 Å². The smallest absolute Gasteiger partial charge is 0.476 e. The summed E-state index contributed by atoms with van der Waals surface area (Å²) < 4.78 is 47.5. The molecule has 0 fully saturated rings. The molecule has 0 atom stereocenters. The molecule has 0 spiro atoms. The average molecular weight is 400 g/mol. The Morgan fingerprint density at radius 2 is 1.74 bits per heavy atom. The van der Waals surface area contributed by atoms with E-state index in [-0.39, 0.29) is 5.75 Å². The summed E-state index contributed by atoms with van der Waals surface area (Å²) >= 11 is 5.81. The molecule has 7 nitrogen and oxygen atoms in total. The quantitative estimate of drug-likeness (QED) is 0.655. The van der Waals surface area contributed by atoms with Gasteiger partial charge in [0.1, 0.15) is 0 Å². The number of benzene rings is 2. The Hall–Kier alpha value is -3.27. The summed E-state index contributed by atoms with van der Waals surface area (Å²) in [6.45, 7) is 0. The summed E-state index contributed by atoms with van der Waals surface area (Å²) in [6.07, 6.45) is -4.99. The van der Waals surface area contributed by atoms with Crippen LogP contribution in [-0.4, -0.2) is 32.8 Å². The van der Waals surface area contributed by atoms with E-state index in [9.17, 15) is 18.0 Å². The average Bonchev–Trinajstić information content (AvgIpc) is 3.04. The molecule has 27 heavy (non-hydrogen) atoms. The number of nitrogens with one attached hydrogen (secondary N) is 1. The van der Waals surface area contributed by atoms with Gasteiger partial charge in [-0.1, -0.05) is 40.1 Å². The molecule has 140 valence electrons. The van der Waals surface area contributed by atoms with Crippen LogP contribution in [0.3, 0.4) is 0 Å². The first-order valence-electron chi connectivity index (χ1n) is 7.21. The Kier molecular flexibility index (Phi) is 4.91. The Morgan fingerprint density at radius 1 is 1.07 bits per heavy atom. The Bertz CT molecular complexity index is 974. The SMILES string of the molecule is O=C(O)c1[nH]nnc1Oc1ccc(-c2ccc(Cl)cc2)cc1OC(F)(F)F. The predicted octanol–water partition coefficient (Wildman–Crippen LogP) is 4.51. The number of carbonyl (C=O) groups is 1. The van der Waals surface area contributed by atoms with Gasteiger partial charge < -0.3 is 14.6 Å². The number of H-pyrrole nitrogens is 1. The highest BCUT2D eigenvalue weighted by molar-refractivity contribution is 6.30. The Labute approximate surface area is 154 Å². The molecule has 0 aliphatic heterocycles. The zero-order valence-electron chi connectivity index (χ0n) is 13.1. The highest BCUT2D eigenvalue weighted by Gasteiger charge is 2.33. The zero-order valence-corrected chi connectivity index (χ0v) is 13.9. The summed E-state index contributed by atoms with van der Waals surface area (Å²) in [4.78, 5) is 11.0. The number of carboxylic acid groups (broad SMARTS) is 1. The molecule has 0 bridgehead atoms. The second-order valence-corrected chi connectivity index (χ2v) is 5.55. The number of nitrogens with zero attached hydrogens (tertiary/aromatic N) is 2. The van der Waals surface area contributed by atoms with Crippen LogP contribution in [0, 0.1) is 0 Å². The van der Waals surface area contributed by atoms with Crippen LogP contribution in [-0.2, 0) is 0 Å². The monoisotopic (exact) mass is 399 g/mol. The molecule has 1 heterocycles. The van der Waals surface area contributed by atoms with Crippen LogP contribution in [0.5, 0.6) is 17.4 Å². The summed E-state index contributed by atoms with van der Waals surface area (Å²) in [6, 6.07) is 10.2. The van der Waals surface area contributed by atoms with Gasteiger partial charge in [-0.05, 0) is 35.4 Å². The maximum Gasteiger partial charge on any atom is 0.573 e. The van der Waals surface area contributed by atoms with E-state index in [1.807, 2.05) is 0 Å². The molecule has 11 heteroatoms. The van der Waals surface area contributed by atoms with Crippen molar-refractivity contribution in [3.63, 3.8) is 0 Å². The lowest BCUT2D eigenvalue weighted by Crippen LogP contribution is -2.17. The van der Waals surface area contributed by atoms with Crippen molar-refractivity contribution in [3.05, 3.63) is 53.2 Å². The molecule has 0 radical (unpaired) electrons. The highest BCUT2D eigenvalue weighted by atomic mass is 35.5. The molecule has 0 saturated heterocycles. The third kappa shape index (κ3) is 4.47. The molecule has 3 aromatic rings. The zero-order chi connectivity index (χ0) is 19.6. The molecule has 0 unspecified atom stereocenters. The predicted molar refractivity (Wildman–Crippen MR) is 87.0 cm³/mol. The molecule has 0 saturated carbocycles. The second kappa shape index (κ2) is 7.16. The van der Waals surface area contributed by atoms with E-state index < -0.39 is 29.7 Å². The van der Waals surface area contributed by atoms with Gasteiger partial charge in [0, 0.05) is 5.02 Å². The largest absolute Gasteiger partial charge is 0.573 e. The molecular formula is C16H9ClF3N3O4. The van der Waals surface area contributed by atoms with Gasteiger partial charge in [0.25, 0.3) is 5.88 Å². The molecule has 0 aliphatic carbocycles. The fourth-order valence-corrected chi connectivity index (χ4v) is 2.28. The van der Waals surface area contributed by atoms with E-state index in [2.05, 4.69) is 20.1 Å². The van der Waals surface area contributed by atoms with Gasteiger partial charge in [-0.15, -0.1) is 13.2 Å². The number of rotatable bonds is 5. The highest BCUT2D eigenvalue weighted by Crippen LogP contribution is 2.38. The van der Waals surface area contributed by atoms with Crippen molar-refractivity contribution in [1.29, 1.82) is 0 Å². The summed E-state index contributed by atoms with van der Waals surface area (Å²) in [7, 11) is 0. The van der Waals surface area contributed by atoms with Crippen molar-refractivity contribution in [1.82, 2.24) is 15.4 Å². The van der Waals surface area contributed by atoms with Crippen molar-refractivity contribution in [3.8, 4) is 28.5 Å². The van der Waals surface area contributed by atoms with Crippen LogP contribution in [0.4, 0.5) is 13.2 Å². The maximum atomic E-state index is 12.8. The van der Waals surface area contributed by atoms with Crippen LogP contribution >= 0.6 is 11.6 Å². The molecular weight excluding hydrogens is 391 g/mol. The Balaban J connectivity index is 2.01. The van der Waals surface area contributed by atoms with Crippen LogP contribution in [0.2, 0.25) is 5.02 Å². The first-order valence-corrected chi connectivity index (χ1v) is 7.58. The topological polar surface area (TPSA) is 97.3 Å². The van der Waals surface area contributed by atoms with Crippen LogP contribution in [0.1, 0.15) is 10.5 Å². The summed E-state index contributed by atoms with van der Waals surface area (Å²) in [5.74, 6) is -3.00. The lowest BCUT2D eigenvalue weighted by atomic mass is 10.1. The van der Waals surface area contributed by atoms with Crippen LogP contribution in [0.25, 0.3) is 11.1 Å². The standard InChI is InChI=1S/C16H9ClF3N3O4/c17-10-4-1-8(2-5-10)9-3-6-11(12(7-9)27-16(18,19)20)26-14-13(15(24)25)21-23-22-14/h1-7H,(H,24,25)(H,21,22,23). The van der Waals surface area contributed by atoms with Gasteiger partial charge >= 0.3 is 12.3 Å². The molecule has 0 aliphatic rings. The number of hydrogen-bond donors (Lipinski definition) is 2. The third-order valence-electron chi connectivity index (χ3n) is 3.28. The lowest BCUT2D eigenvalue weighted by molar-refractivity contribution is -0.275. The van der Waals surface area contributed by atoms with Crippen LogP contribution in [0.15, 0.2) is 42.5 Å². The van der Waals surface area contributed by atoms with Gasteiger partial charge in [0.15, 0.2) is 11.5 Å². The Morgan fingerprint density at radius 3 is 2.37 bits per heavy atom.